The van der Waals surface area contributed by atoms with Crippen LogP contribution in [0.15, 0.2) is 84.3 Å². The normalized spacial score (nSPS) is 11.3. The Morgan fingerprint density at radius 3 is 2.46 bits per heavy atom. The zero-order chi connectivity index (χ0) is 25.0. The van der Waals surface area contributed by atoms with Crippen molar-refractivity contribution in [1.82, 2.24) is 19.3 Å². The predicted molar refractivity (Wildman–Crippen MR) is 130 cm³/mol. The molecule has 0 atom stereocenters. The first-order valence-electron chi connectivity index (χ1n) is 10.4. The van der Waals surface area contributed by atoms with Gasteiger partial charge in [0.1, 0.15) is 22.3 Å². The third kappa shape index (κ3) is 5.48. The number of amides is 1. The highest BCUT2D eigenvalue weighted by Crippen LogP contribution is 2.24. The second-order valence-electron chi connectivity index (χ2n) is 7.62. The van der Waals surface area contributed by atoms with Crippen molar-refractivity contribution in [3.63, 3.8) is 0 Å². The fourth-order valence-electron chi connectivity index (χ4n) is 3.14. The van der Waals surface area contributed by atoms with Gasteiger partial charge in [-0.15, -0.1) is 0 Å². The van der Waals surface area contributed by atoms with E-state index >= 15 is 0 Å². The van der Waals surface area contributed by atoms with E-state index in [2.05, 4.69) is 25.6 Å². The van der Waals surface area contributed by atoms with Crippen molar-refractivity contribution in [3.05, 3.63) is 90.8 Å². The summed E-state index contributed by atoms with van der Waals surface area (Å²) in [6.45, 7) is 0. The molecular formula is C24H21FN6O3S. The minimum atomic E-state index is -3.59. The van der Waals surface area contributed by atoms with Gasteiger partial charge in [0, 0.05) is 49.4 Å². The number of rotatable bonds is 7. The lowest BCUT2D eigenvalue weighted by Crippen LogP contribution is -2.22. The van der Waals surface area contributed by atoms with Crippen molar-refractivity contribution in [2.45, 2.75) is 4.90 Å². The highest BCUT2D eigenvalue weighted by Gasteiger charge is 2.17. The van der Waals surface area contributed by atoms with Crippen LogP contribution in [0.3, 0.4) is 0 Å². The van der Waals surface area contributed by atoms with Gasteiger partial charge < -0.3 is 10.6 Å². The fraction of sp³-hybridized carbons (Fsp3) is 0.0833. The Kier molecular flexibility index (Phi) is 6.80. The van der Waals surface area contributed by atoms with Crippen LogP contribution >= 0.6 is 0 Å². The Hall–Kier alpha value is -4.22. The van der Waals surface area contributed by atoms with Gasteiger partial charge >= 0.3 is 0 Å². The monoisotopic (exact) mass is 492 g/mol. The van der Waals surface area contributed by atoms with Crippen LogP contribution in [0.5, 0.6) is 0 Å². The van der Waals surface area contributed by atoms with Crippen LogP contribution in [0.2, 0.25) is 0 Å². The van der Waals surface area contributed by atoms with E-state index in [9.17, 15) is 17.6 Å². The van der Waals surface area contributed by atoms with Crippen molar-refractivity contribution < 1.29 is 17.6 Å². The molecule has 3 heterocycles. The maximum Gasteiger partial charge on any atom is 0.255 e. The van der Waals surface area contributed by atoms with E-state index in [0.717, 1.165) is 4.31 Å². The molecule has 0 saturated carbocycles. The van der Waals surface area contributed by atoms with Crippen molar-refractivity contribution in [1.29, 1.82) is 0 Å². The molecule has 0 aliphatic rings. The number of carbonyl (C=O) groups is 1. The molecule has 1 amide bonds. The highest BCUT2D eigenvalue weighted by molar-refractivity contribution is 7.89. The first-order chi connectivity index (χ1) is 16.7. The van der Waals surface area contributed by atoms with Gasteiger partial charge in [-0.3, -0.25) is 9.78 Å². The Morgan fingerprint density at radius 2 is 1.74 bits per heavy atom. The summed E-state index contributed by atoms with van der Waals surface area (Å²) in [7, 11) is -0.712. The van der Waals surface area contributed by atoms with Gasteiger partial charge in [0.25, 0.3) is 5.91 Å². The Balaban J connectivity index is 1.48. The van der Waals surface area contributed by atoms with Crippen LogP contribution in [0.4, 0.5) is 21.7 Å². The SMILES string of the molecule is CN(C)S(=O)(=O)c1ccc(Nc2cc(C(=O)Nc3cncc(-c4ccccc4F)c3)ccn2)nc1. The molecule has 4 rings (SSSR count). The molecule has 178 valence electrons. The first-order valence-corrected chi connectivity index (χ1v) is 11.8. The molecule has 9 nitrogen and oxygen atoms in total. The number of aromatic nitrogens is 3. The van der Waals surface area contributed by atoms with Gasteiger partial charge in [-0.1, -0.05) is 18.2 Å². The first kappa shape index (κ1) is 23.9. The number of sulfonamides is 1. The van der Waals surface area contributed by atoms with E-state index in [0.29, 0.717) is 34.0 Å². The van der Waals surface area contributed by atoms with Crippen molar-refractivity contribution >= 4 is 33.3 Å². The standard InChI is InChI=1S/C24H21FN6O3S/c1-31(2)35(33,34)19-7-8-22(28-15-19)30-23-12-16(9-10-27-23)24(32)29-18-11-17(13-26-14-18)20-5-3-4-6-21(20)25/h3-15H,1-2H3,(H,29,32)(H,27,28,30). The molecule has 0 bridgehead atoms. The number of hydrogen-bond donors (Lipinski definition) is 2. The van der Waals surface area contributed by atoms with Gasteiger partial charge in [-0.25, -0.2) is 27.1 Å². The number of carbonyl (C=O) groups excluding carboxylic acids is 1. The van der Waals surface area contributed by atoms with Gasteiger partial charge in [0.05, 0.1) is 11.9 Å². The zero-order valence-electron chi connectivity index (χ0n) is 18.8. The number of pyridine rings is 3. The smallest absolute Gasteiger partial charge is 0.255 e. The van der Waals surface area contributed by atoms with Crippen LogP contribution < -0.4 is 10.6 Å². The van der Waals surface area contributed by atoms with Crippen molar-refractivity contribution in [3.8, 4) is 11.1 Å². The second-order valence-corrected chi connectivity index (χ2v) is 9.77. The summed E-state index contributed by atoms with van der Waals surface area (Å²) in [5, 5.41) is 5.69. The topological polar surface area (TPSA) is 117 Å². The summed E-state index contributed by atoms with van der Waals surface area (Å²) in [6.07, 6.45) is 5.68. The molecule has 3 aromatic heterocycles. The van der Waals surface area contributed by atoms with Crippen LogP contribution in [0.25, 0.3) is 11.1 Å². The molecule has 0 aliphatic carbocycles. The lowest BCUT2D eigenvalue weighted by atomic mass is 10.1. The minimum Gasteiger partial charge on any atom is -0.325 e. The van der Waals surface area contributed by atoms with Crippen LogP contribution in [-0.2, 0) is 10.0 Å². The quantitative estimate of drug-likeness (QED) is 0.401. The number of halogens is 1. The summed E-state index contributed by atoms with van der Waals surface area (Å²) in [4.78, 5) is 25.2. The number of anilines is 3. The molecule has 4 aromatic rings. The maximum absolute atomic E-state index is 14.1. The van der Waals surface area contributed by atoms with Crippen LogP contribution in [0.1, 0.15) is 10.4 Å². The van der Waals surface area contributed by atoms with Gasteiger partial charge in [0.15, 0.2) is 0 Å². The van der Waals surface area contributed by atoms with E-state index < -0.39 is 15.9 Å². The molecule has 11 heteroatoms. The molecule has 0 spiro atoms. The lowest BCUT2D eigenvalue weighted by molar-refractivity contribution is 0.102. The third-order valence-electron chi connectivity index (χ3n) is 4.97. The number of nitrogens with one attached hydrogen (secondary N) is 2. The molecule has 1 aromatic carbocycles. The number of hydrogen-bond acceptors (Lipinski definition) is 7. The average molecular weight is 493 g/mol. The summed E-state index contributed by atoms with van der Waals surface area (Å²) >= 11 is 0. The minimum absolute atomic E-state index is 0.0559. The lowest BCUT2D eigenvalue weighted by Gasteiger charge is -2.12. The molecular weight excluding hydrogens is 471 g/mol. The summed E-state index contributed by atoms with van der Waals surface area (Å²) in [5.74, 6) is -0.104. The Labute approximate surface area is 201 Å². The molecule has 0 saturated heterocycles. The van der Waals surface area contributed by atoms with Crippen LogP contribution in [-0.4, -0.2) is 47.7 Å². The van der Waals surface area contributed by atoms with Gasteiger partial charge in [0.2, 0.25) is 10.0 Å². The van der Waals surface area contributed by atoms with E-state index in [1.54, 1.807) is 24.3 Å². The largest absolute Gasteiger partial charge is 0.325 e. The molecule has 2 N–H and O–H groups in total. The van der Waals surface area contributed by atoms with E-state index in [4.69, 9.17) is 0 Å². The van der Waals surface area contributed by atoms with E-state index in [1.807, 2.05) is 0 Å². The molecule has 0 unspecified atom stereocenters. The maximum atomic E-state index is 14.1. The zero-order valence-corrected chi connectivity index (χ0v) is 19.6. The average Bonchev–Trinajstić information content (AvgIpc) is 2.85. The van der Waals surface area contributed by atoms with Gasteiger partial charge in [-0.05, 0) is 36.4 Å². The van der Waals surface area contributed by atoms with Crippen molar-refractivity contribution in [2.75, 3.05) is 24.7 Å². The fourth-order valence-corrected chi connectivity index (χ4v) is 3.99. The summed E-state index contributed by atoms with van der Waals surface area (Å²) < 4.78 is 39.6. The third-order valence-corrected chi connectivity index (χ3v) is 6.77. The molecule has 35 heavy (non-hydrogen) atoms. The Bertz CT molecular complexity index is 1480. The molecule has 0 aliphatic heterocycles. The van der Waals surface area contributed by atoms with Crippen molar-refractivity contribution in [2.24, 2.45) is 0 Å². The number of nitrogens with zero attached hydrogens (tertiary/aromatic N) is 4. The summed E-state index contributed by atoms with van der Waals surface area (Å²) in [5.41, 5.74) is 1.62. The summed E-state index contributed by atoms with van der Waals surface area (Å²) in [6, 6.07) is 13.9. The second kappa shape index (κ2) is 9.95. The predicted octanol–water partition coefficient (Wildman–Crippen LogP) is 3.92. The van der Waals surface area contributed by atoms with Crippen LogP contribution in [0, 0.1) is 5.82 Å². The molecule has 0 fully saturated rings. The molecule has 0 radical (unpaired) electrons. The van der Waals surface area contributed by atoms with Gasteiger partial charge in [-0.2, -0.15) is 0 Å². The highest BCUT2D eigenvalue weighted by atomic mass is 32.2. The number of benzene rings is 1. The van der Waals surface area contributed by atoms with E-state index in [1.165, 1.54) is 69.2 Å². The van der Waals surface area contributed by atoms with E-state index in [-0.39, 0.29) is 10.7 Å². The Morgan fingerprint density at radius 1 is 0.943 bits per heavy atom.